The number of phenols is 1. The molecule has 1 atom stereocenters. The van der Waals surface area contributed by atoms with E-state index in [-0.39, 0.29) is 5.54 Å². The lowest BCUT2D eigenvalue weighted by molar-refractivity contribution is 0.480. The molecule has 0 spiro atoms. The normalized spacial score (nSPS) is 12.6. The first-order valence-electron chi connectivity index (χ1n) is 6.65. The quantitative estimate of drug-likeness (QED) is 0.681. The zero-order valence-corrected chi connectivity index (χ0v) is 13.1. The van der Waals surface area contributed by atoms with Crippen LogP contribution in [0.1, 0.15) is 26.3 Å². The smallest absolute Gasteiger partial charge is 0.123 e. The predicted molar refractivity (Wildman–Crippen MR) is 89.5 cm³/mol. The summed E-state index contributed by atoms with van der Waals surface area (Å²) >= 11 is 0. The molecule has 1 unspecified atom stereocenters. The van der Waals surface area contributed by atoms with E-state index in [1.54, 1.807) is 6.07 Å². The highest BCUT2D eigenvalue weighted by atomic mass is 31.1. The molecular weight excluding hydrogens is 265 g/mol. The van der Waals surface area contributed by atoms with Crippen molar-refractivity contribution in [2.45, 2.75) is 26.3 Å². The summed E-state index contributed by atoms with van der Waals surface area (Å²) in [5.74, 6) is 0.355. The Morgan fingerprint density at radius 2 is 1.55 bits per heavy atom. The summed E-state index contributed by atoms with van der Waals surface area (Å²) in [5.41, 5.74) is 1.04. The molecule has 2 aromatic carbocycles. The molecule has 2 nitrogen and oxygen atoms in total. The predicted octanol–water partition coefficient (Wildman–Crippen LogP) is 3.24. The maximum Gasteiger partial charge on any atom is 0.123 e. The first-order chi connectivity index (χ1) is 9.46. The van der Waals surface area contributed by atoms with Crippen molar-refractivity contribution in [1.29, 1.82) is 0 Å². The van der Waals surface area contributed by atoms with Gasteiger partial charge < -0.3 is 5.11 Å². The van der Waals surface area contributed by atoms with Crippen molar-refractivity contribution in [3.05, 3.63) is 54.1 Å². The van der Waals surface area contributed by atoms with E-state index in [4.69, 9.17) is 0 Å². The molecule has 0 bridgehead atoms. The van der Waals surface area contributed by atoms with E-state index in [2.05, 4.69) is 37.9 Å². The molecule has 1 N–H and O–H groups in total. The van der Waals surface area contributed by atoms with Crippen LogP contribution in [-0.2, 0) is 0 Å². The van der Waals surface area contributed by atoms with Crippen LogP contribution in [0, 0.1) is 0 Å². The van der Waals surface area contributed by atoms with Gasteiger partial charge in [-0.15, -0.1) is 0 Å². The molecule has 3 heteroatoms. The van der Waals surface area contributed by atoms with Crippen LogP contribution in [0.2, 0.25) is 0 Å². The maximum absolute atomic E-state index is 9.90. The first-order valence-corrected chi connectivity index (χ1v) is 7.65. The molecule has 2 aromatic rings. The summed E-state index contributed by atoms with van der Waals surface area (Å²) in [6.45, 7) is 6.24. The molecule has 0 heterocycles. The van der Waals surface area contributed by atoms with Gasteiger partial charge >= 0.3 is 0 Å². The molecule has 2 rings (SSSR count). The van der Waals surface area contributed by atoms with Crippen molar-refractivity contribution >= 4 is 25.4 Å². The maximum atomic E-state index is 9.90. The number of nitrogens with zero attached hydrogens (tertiary/aromatic N) is 1. The van der Waals surface area contributed by atoms with E-state index in [0.717, 1.165) is 10.9 Å². The highest BCUT2D eigenvalue weighted by Crippen LogP contribution is 2.19. The van der Waals surface area contributed by atoms with Gasteiger partial charge in [0.1, 0.15) is 5.75 Å². The Hall–Kier alpha value is -1.66. The van der Waals surface area contributed by atoms with Crippen molar-refractivity contribution in [3.63, 3.8) is 0 Å². The number of para-hydroxylation sites is 1. The molecule has 0 radical (unpaired) electrons. The van der Waals surface area contributed by atoms with Gasteiger partial charge in [-0.05, 0) is 32.1 Å². The van der Waals surface area contributed by atoms with Crippen LogP contribution >= 0.6 is 8.58 Å². The Balaban J connectivity index is 2.29. The minimum Gasteiger partial charge on any atom is -0.507 e. The second kappa shape index (κ2) is 6.19. The van der Waals surface area contributed by atoms with Crippen molar-refractivity contribution in [3.8, 4) is 5.75 Å². The van der Waals surface area contributed by atoms with Crippen molar-refractivity contribution < 1.29 is 5.11 Å². The third-order valence-electron chi connectivity index (χ3n) is 2.73. The topological polar surface area (TPSA) is 32.6 Å². The molecule has 0 aliphatic rings. The van der Waals surface area contributed by atoms with Gasteiger partial charge in [-0.2, -0.15) is 0 Å². The molecule has 0 fully saturated rings. The van der Waals surface area contributed by atoms with Crippen molar-refractivity contribution in [1.82, 2.24) is 0 Å². The monoisotopic (exact) mass is 285 g/mol. The zero-order valence-electron chi connectivity index (χ0n) is 12.1. The van der Waals surface area contributed by atoms with E-state index in [1.165, 1.54) is 5.30 Å². The molecule has 20 heavy (non-hydrogen) atoms. The lowest BCUT2D eigenvalue weighted by Gasteiger charge is -2.12. The number of phenolic OH excluding ortho intramolecular Hbond substituents is 1. The third-order valence-corrected chi connectivity index (χ3v) is 4.14. The van der Waals surface area contributed by atoms with Gasteiger partial charge in [0.2, 0.25) is 0 Å². The van der Waals surface area contributed by atoms with E-state index in [1.807, 2.05) is 36.5 Å². The summed E-state index contributed by atoms with van der Waals surface area (Å²) in [6.07, 6.45) is 1.93. The molecule has 104 valence electrons. The number of benzene rings is 2. The van der Waals surface area contributed by atoms with Gasteiger partial charge in [-0.3, -0.25) is 4.99 Å². The van der Waals surface area contributed by atoms with Crippen LogP contribution in [-0.4, -0.2) is 16.9 Å². The van der Waals surface area contributed by atoms with Gasteiger partial charge in [0, 0.05) is 17.1 Å². The van der Waals surface area contributed by atoms with E-state index in [0.29, 0.717) is 14.3 Å². The van der Waals surface area contributed by atoms with Crippen molar-refractivity contribution in [2.75, 3.05) is 0 Å². The van der Waals surface area contributed by atoms with Gasteiger partial charge in [0.25, 0.3) is 0 Å². The van der Waals surface area contributed by atoms with Gasteiger partial charge in [-0.25, -0.2) is 0 Å². The number of hydrogen-bond acceptors (Lipinski definition) is 2. The second-order valence-corrected chi connectivity index (χ2v) is 6.99. The summed E-state index contributed by atoms with van der Waals surface area (Å²) in [6, 6.07) is 15.7. The van der Waals surface area contributed by atoms with Crippen LogP contribution in [0.25, 0.3) is 0 Å². The van der Waals surface area contributed by atoms with E-state index < -0.39 is 0 Å². The Bertz CT molecular complexity index is 614. The number of aliphatic imine (C=N–C) groups is 1. The average molecular weight is 285 g/mol. The zero-order chi connectivity index (χ0) is 14.6. The minimum atomic E-state index is -0.0783. The second-order valence-electron chi connectivity index (χ2n) is 5.66. The largest absolute Gasteiger partial charge is 0.507 e. The number of aromatic hydroxyl groups is 1. The van der Waals surface area contributed by atoms with Crippen LogP contribution in [0.4, 0.5) is 0 Å². The highest BCUT2D eigenvalue weighted by molar-refractivity contribution is 7.56. The molecule has 0 aliphatic carbocycles. The SMILES string of the molecule is CC(C)(C)N=Cc1ccccc1Pc1ccccc1O. The molecule has 0 aromatic heterocycles. The van der Waals surface area contributed by atoms with Gasteiger partial charge in [-0.1, -0.05) is 51.0 Å². The Labute approximate surface area is 122 Å². The average Bonchev–Trinajstić information content (AvgIpc) is 2.39. The standard InChI is InChI=1S/C17H20NOP/c1-17(2,3)18-12-13-8-4-6-10-15(13)20-16-11-7-5-9-14(16)19/h4-12,19-20H,1-3H3. The molecule has 0 aliphatic heterocycles. The number of rotatable bonds is 3. The summed E-state index contributed by atoms with van der Waals surface area (Å²) < 4.78 is 0. The molecule has 0 saturated heterocycles. The van der Waals surface area contributed by atoms with E-state index in [9.17, 15) is 5.11 Å². The molecular formula is C17H20NOP. The first kappa shape index (κ1) is 14.7. The van der Waals surface area contributed by atoms with Crippen LogP contribution in [0.3, 0.4) is 0 Å². The number of hydrogen-bond donors (Lipinski definition) is 1. The lowest BCUT2D eigenvalue weighted by atomic mass is 10.1. The Kier molecular flexibility index (Phi) is 4.57. The highest BCUT2D eigenvalue weighted by Gasteiger charge is 2.07. The van der Waals surface area contributed by atoms with Crippen LogP contribution in [0.5, 0.6) is 5.75 Å². The van der Waals surface area contributed by atoms with Crippen LogP contribution in [0.15, 0.2) is 53.5 Å². The summed E-state index contributed by atoms with van der Waals surface area (Å²) in [7, 11) is 0.426. The van der Waals surface area contributed by atoms with Gasteiger partial charge in [0.05, 0.1) is 5.54 Å². The summed E-state index contributed by atoms with van der Waals surface area (Å²) in [4.78, 5) is 4.57. The summed E-state index contributed by atoms with van der Waals surface area (Å²) in [5, 5.41) is 12.1. The Morgan fingerprint density at radius 1 is 0.950 bits per heavy atom. The fourth-order valence-corrected chi connectivity index (χ4v) is 2.86. The minimum absolute atomic E-state index is 0.0783. The lowest BCUT2D eigenvalue weighted by Crippen LogP contribution is -2.13. The third kappa shape index (κ3) is 4.18. The van der Waals surface area contributed by atoms with Gasteiger partial charge in [0.15, 0.2) is 0 Å². The van der Waals surface area contributed by atoms with E-state index >= 15 is 0 Å². The Morgan fingerprint density at radius 3 is 2.20 bits per heavy atom. The fraction of sp³-hybridized carbons (Fsp3) is 0.235. The van der Waals surface area contributed by atoms with Crippen LogP contribution < -0.4 is 10.6 Å². The molecule has 0 amide bonds. The van der Waals surface area contributed by atoms with Crippen molar-refractivity contribution in [2.24, 2.45) is 4.99 Å². The fourth-order valence-electron chi connectivity index (χ4n) is 1.71. The molecule has 0 saturated carbocycles.